The first-order valence-corrected chi connectivity index (χ1v) is 8.35. The van der Waals surface area contributed by atoms with Gasteiger partial charge in [0.25, 0.3) is 0 Å². The molecule has 0 atom stereocenters. The molecule has 0 saturated heterocycles. The lowest BCUT2D eigenvalue weighted by molar-refractivity contribution is 0.0626. The third kappa shape index (κ3) is 4.27. The molecule has 1 aliphatic carbocycles. The van der Waals surface area contributed by atoms with Crippen molar-refractivity contribution in [1.29, 1.82) is 0 Å². The monoisotopic (exact) mass is 303 g/mol. The number of aromatic nitrogens is 2. The summed E-state index contributed by atoms with van der Waals surface area (Å²) in [6.45, 7) is 0.836. The minimum atomic E-state index is -3.55. The molecule has 20 heavy (non-hydrogen) atoms. The second-order valence-corrected chi connectivity index (χ2v) is 6.60. The van der Waals surface area contributed by atoms with Crippen molar-refractivity contribution >= 4 is 10.0 Å². The van der Waals surface area contributed by atoms with Gasteiger partial charge < -0.3 is 9.84 Å². The molecule has 8 heteroatoms. The molecule has 1 aromatic heterocycles. The molecule has 0 radical (unpaired) electrons. The van der Waals surface area contributed by atoms with Gasteiger partial charge >= 0.3 is 0 Å². The number of nitrogens with one attached hydrogen (secondary N) is 1. The van der Waals surface area contributed by atoms with E-state index < -0.39 is 10.0 Å². The lowest BCUT2D eigenvalue weighted by atomic mass is 10.3. The number of hydrogen-bond donors (Lipinski definition) is 2. The summed E-state index contributed by atoms with van der Waals surface area (Å²) in [7, 11) is -3.55. The number of aliphatic hydroxyl groups excluding tert-OH is 1. The van der Waals surface area contributed by atoms with Gasteiger partial charge in [-0.15, -0.1) is 0 Å². The van der Waals surface area contributed by atoms with Crippen LogP contribution in [0.1, 0.15) is 25.7 Å². The molecule has 2 rings (SSSR count). The fraction of sp³-hybridized carbons (Fsp3) is 0.750. The Labute approximate surface area is 119 Å². The van der Waals surface area contributed by atoms with Crippen LogP contribution in [0, 0.1) is 0 Å². The number of aliphatic hydroxyl groups is 1. The number of nitrogens with zero attached hydrogens (tertiary/aromatic N) is 2. The van der Waals surface area contributed by atoms with E-state index in [9.17, 15) is 8.42 Å². The molecular weight excluding hydrogens is 282 g/mol. The molecule has 114 valence electrons. The molecule has 0 spiro atoms. The van der Waals surface area contributed by atoms with Crippen molar-refractivity contribution in [2.45, 2.75) is 43.2 Å². The van der Waals surface area contributed by atoms with E-state index in [1.807, 2.05) is 0 Å². The molecule has 1 fully saturated rings. The fourth-order valence-corrected chi connectivity index (χ4v) is 3.21. The maximum atomic E-state index is 12.0. The summed E-state index contributed by atoms with van der Waals surface area (Å²) in [5, 5.41) is 12.6. The van der Waals surface area contributed by atoms with Gasteiger partial charge in [0.05, 0.1) is 32.1 Å². The van der Waals surface area contributed by atoms with Crippen molar-refractivity contribution in [2.75, 3.05) is 19.8 Å². The molecule has 0 unspecified atom stereocenters. The molecule has 1 aliphatic rings. The third-order valence-electron chi connectivity index (χ3n) is 3.30. The van der Waals surface area contributed by atoms with Crippen molar-refractivity contribution in [3.8, 4) is 0 Å². The van der Waals surface area contributed by atoms with Crippen LogP contribution < -0.4 is 4.72 Å². The quantitative estimate of drug-likeness (QED) is 0.665. The van der Waals surface area contributed by atoms with Gasteiger partial charge in [0.2, 0.25) is 10.0 Å². The third-order valence-corrected chi connectivity index (χ3v) is 4.71. The molecule has 7 nitrogen and oxygen atoms in total. The van der Waals surface area contributed by atoms with Crippen LogP contribution in [0.15, 0.2) is 17.3 Å². The maximum Gasteiger partial charge on any atom is 0.243 e. The molecule has 2 N–H and O–H groups in total. The molecule has 0 aliphatic heterocycles. The van der Waals surface area contributed by atoms with Crippen LogP contribution in [0.4, 0.5) is 0 Å². The van der Waals surface area contributed by atoms with Crippen LogP contribution in [0.3, 0.4) is 0 Å². The first-order chi connectivity index (χ1) is 9.62. The standard InChI is InChI=1S/C12H21N3O4S/c16-7-6-15-10-12(9-13-15)20(17,18)14-5-8-19-11-3-1-2-4-11/h9-11,14,16H,1-8H2. The number of sulfonamides is 1. The van der Waals surface area contributed by atoms with Crippen molar-refractivity contribution in [3.63, 3.8) is 0 Å². The summed E-state index contributed by atoms with van der Waals surface area (Å²) in [6.07, 6.45) is 7.49. The summed E-state index contributed by atoms with van der Waals surface area (Å²) in [5.41, 5.74) is 0. The summed E-state index contributed by atoms with van der Waals surface area (Å²) >= 11 is 0. The second-order valence-electron chi connectivity index (χ2n) is 4.84. The van der Waals surface area contributed by atoms with Crippen LogP contribution in [-0.2, 0) is 21.3 Å². The Morgan fingerprint density at radius 2 is 2.20 bits per heavy atom. The van der Waals surface area contributed by atoms with E-state index in [0.29, 0.717) is 6.61 Å². The van der Waals surface area contributed by atoms with Crippen molar-refractivity contribution in [3.05, 3.63) is 12.4 Å². The van der Waals surface area contributed by atoms with E-state index in [1.165, 1.54) is 29.9 Å². The number of rotatable bonds is 8. The molecule has 1 aromatic rings. The topological polar surface area (TPSA) is 93.5 Å². The van der Waals surface area contributed by atoms with Crippen LogP contribution in [-0.4, -0.2) is 49.2 Å². The smallest absolute Gasteiger partial charge is 0.243 e. The molecular formula is C12H21N3O4S. The van der Waals surface area contributed by atoms with E-state index in [-0.39, 0.29) is 30.7 Å². The fourth-order valence-electron chi connectivity index (χ4n) is 2.25. The van der Waals surface area contributed by atoms with Gasteiger partial charge in [0.15, 0.2) is 0 Å². The zero-order valence-electron chi connectivity index (χ0n) is 11.4. The Bertz CT molecular complexity index is 509. The second kappa shape index (κ2) is 7.16. The first-order valence-electron chi connectivity index (χ1n) is 6.86. The van der Waals surface area contributed by atoms with Crippen molar-refractivity contribution < 1.29 is 18.3 Å². The Kier molecular flexibility index (Phi) is 5.53. The largest absolute Gasteiger partial charge is 0.394 e. The lowest BCUT2D eigenvalue weighted by Gasteiger charge is -2.11. The van der Waals surface area contributed by atoms with Crippen LogP contribution in [0.25, 0.3) is 0 Å². The highest BCUT2D eigenvalue weighted by molar-refractivity contribution is 7.89. The zero-order valence-corrected chi connectivity index (χ0v) is 12.2. The highest BCUT2D eigenvalue weighted by Crippen LogP contribution is 2.20. The van der Waals surface area contributed by atoms with Gasteiger partial charge in [-0.25, -0.2) is 13.1 Å². The molecule has 1 saturated carbocycles. The van der Waals surface area contributed by atoms with E-state index >= 15 is 0 Å². The van der Waals surface area contributed by atoms with Gasteiger partial charge in [0, 0.05) is 12.7 Å². The summed E-state index contributed by atoms with van der Waals surface area (Å²) in [4.78, 5) is 0.104. The predicted molar refractivity (Wildman–Crippen MR) is 72.7 cm³/mol. The summed E-state index contributed by atoms with van der Waals surface area (Å²) in [5.74, 6) is 0. The average Bonchev–Trinajstić information content (AvgIpc) is 3.06. The van der Waals surface area contributed by atoms with Crippen LogP contribution in [0.5, 0.6) is 0 Å². The Morgan fingerprint density at radius 3 is 2.90 bits per heavy atom. The van der Waals surface area contributed by atoms with Gasteiger partial charge in [0.1, 0.15) is 4.90 Å². The van der Waals surface area contributed by atoms with Gasteiger partial charge in [-0.05, 0) is 12.8 Å². The van der Waals surface area contributed by atoms with E-state index in [2.05, 4.69) is 9.82 Å². The lowest BCUT2D eigenvalue weighted by Crippen LogP contribution is -2.28. The van der Waals surface area contributed by atoms with Crippen molar-refractivity contribution in [2.24, 2.45) is 0 Å². The minimum absolute atomic E-state index is 0.0795. The van der Waals surface area contributed by atoms with Crippen molar-refractivity contribution in [1.82, 2.24) is 14.5 Å². The van der Waals surface area contributed by atoms with Gasteiger partial charge in [-0.2, -0.15) is 5.10 Å². The number of ether oxygens (including phenoxy) is 1. The zero-order chi connectivity index (χ0) is 14.4. The number of hydrogen-bond acceptors (Lipinski definition) is 5. The van der Waals surface area contributed by atoms with E-state index in [1.54, 1.807) is 0 Å². The van der Waals surface area contributed by atoms with Gasteiger partial charge in [-0.1, -0.05) is 12.8 Å². The predicted octanol–water partition coefficient (Wildman–Crippen LogP) is 0.113. The molecule has 0 aromatic carbocycles. The molecule has 1 heterocycles. The highest BCUT2D eigenvalue weighted by atomic mass is 32.2. The Balaban J connectivity index is 1.77. The van der Waals surface area contributed by atoms with Crippen LogP contribution in [0.2, 0.25) is 0 Å². The Hall–Kier alpha value is -0.960. The Morgan fingerprint density at radius 1 is 1.45 bits per heavy atom. The average molecular weight is 303 g/mol. The SMILES string of the molecule is O=S(=O)(NCCOC1CCCC1)c1cnn(CCO)c1. The normalized spacial score (nSPS) is 16.9. The van der Waals surface area contributed by atoms with E-state index in [4.69, 9.17) is 9.84 Å². The molecule has 0 bridgehead atoms. The maximum absolute atomic E-state index is 12.0. The summed E-state index contributed by atoms with van der Waals surface area (Å²) in [6, 6.07) is 0. The van der Waals surface area contributed by atoms with E-state index in [0.717, 1.165) is 12.8 Å². The van der Waals surface area contributed by atoms with Crippen LogP contribution >= 0.6 is 0 Å². The summed E-state index contributed by atoms with van der Waals surface area (Å²) < 4.78 is 33.4. The highest BCUT2D eigenvalue weighted by Gasteiger charge is 2.17. The van der Waals surface area contributed by atoms with Gasteiger partial charge in [-0.3, -0.25) is 4.68 Å². The minimum Gasteiger partial charge on any atom is -0.394 e. The first kappa shape index (κ1) is 15.4. The molecule has 0 amide bonds.